The van der Waals surface area contributed by atoms with E-state index in [0.717, 1.165) is 28.1 Å². The summed E-state index contributed by atoms with van der Waals surface area (Å²) in [6, 6.07) is 11.9. The number of hydrogen-bond donors (Lipinski definition) is 1. The first-order valence-corrected chi connectivity index (χ1v) is 7.83. The molecule has 0 saturated carbocycles. The standard InChI is InChI=1S/C19H21NO3/c1-4-23-17-8-6-13(11-18(17)22-3)10-15-14-9-12(2)5-7-16(14)20-19(15)21/h5-9,11,15H,4,10H2,1-3H3,(H,20,21)/t15-/m1/s1. The quantitative estimate of drug-likeness (QED) is 0.916. The second-order valence-electron chi connectivity index (χ2n) is 5.75. The fourth-order valence-corrected chi connectivity index (χ4v) is 3.00. The van der Waals surface area contributed by atoms with Crippen LogP contribution in [0.1, 0.15) is 29.5 Å². The number of fused-ring (bicyclic) bond motifs is 1. The van der Waals surface area contributed by atoms with E-state index in [4.69, 9.17) is 9.47 Å². The fourth-order valence-electron chi connectivity index (χ4n) is 3.00. The summed E-state index contributed by atoms with van der Waals surface area (Å²) < 4.78 is 10.9. The highest BCUT2D eigenvalue weighted by Crippen LogP contribution is 2.37. The van der Waals surface area contributed by atoms with Gasteiger partial charge in [0.15, 0.2) is 11.5 Å². The zero-order chi connectivity index (χ0) is 16.4. The van der Waals surface area contributed by atoms with E-state index in [-0.39, 0.29) is 11.8 Å². The van der Waals surface area contributed by atoms with Crippen LogP contribution in [0.5, 0.6) is 11.5 Å². The predicted octanol–water partition coefficient (Wildman–Crippen LogP) is 3.68. The van der Waals surface area contributed by atoms with Crippen LogP contribution < -0.4 is 14.8 Å². The van der Waals surface area contributed by atoms with E-state index in [1.165, 1.54) is 0 Å². The molecule has 1 N–H and O–H groups in total. The van der Waals surface area contributed by atoms with Crippen LogP contribution in [0, 0.1) is 6.92 Å². The minimum absolute atomic E-state index is 0.0541. The van der Waals surface area contributed by atoms with Crippen LogP contribution in [-0.2, 0) is 11.2 Å². The summed E-state index contributed by atoms with van der Waals surface area (Å²) in [5.41, 5.74) is 4.21. The van der Waals surface area contributed by atoms with Crippen LogP contribution in [0.25, 0.3) is 0 Å². The number of ether oxygens (including phenoxy) is 2. The molecular formula is C19H21NO3. The molecule has 0 spiro atoms. The fraction of sp³-hybridized carbons (Fsp3) is 0.316. The second-order valence-corrected chi connectivity index (χ2v) is 5.75. The Labute approximate surface area is 136 Å². The van der Waals surface area contributed by atoms with E-state index in [0.29, 0.717) is 18.8 Å². The number of amides is 1. The van der Waals surface area contributed by atoms with Crippen LogP contribution in [-0.4, -0.2) is 19.6 Å². The lowest BCUT2D eigenvalue weighted by Gasteiger charge is -2.13. The Kier molecular flexibility index (Phi) is 4.24. The maximum atomic E-state index is 12.3. The number of carbonyl (C=O) groups excluding carboxylic acids is 1. The van der Waals surface area contributed by atoms with Crippen LogP contribution >= 0.6 is 0 Å². The minimum Gasteiger partial charge on any atom is -0.493 e. The molecule has 2 aromatic rings. The molecule has 1 aliphatic heterocycles. The van der Waals surface area contributed by atoms with Crippen molar-refractivity contribution >= 4 is 11.6 Å². The molecule has 0 aromatic heterocycles. The summed E-state index contributed by atoms with van der Waals surface area (Å²) in [6.07, 6.45) is 0.644. The van der Waals surface area contributed by atoms with Gasteiger partial charge in [-0.15, -0.1) is 0 Å². The lowest BCUT2D eigenvalue weighted by Crippen LogP contribution is -2.14. The Balaban J connectivity index is 1.88. The van der Waals surface area contributed by atoms with Gasteiger partial charge in [-0.1, -0.05) is 23.8 Å². The van der Waals surface area contributed by atoms with Crippen LogP contribution in [0.15, 0.2) is 36.4 Å². The number of nitrogens with one attached hydrogen (secondary N) is 1. The SMILES string of the molecule is CCOc1ccc(C[C@H]2C(=O)Nc3ccc(C)cc32)cc1OC. The zero-order valence-electron chi connectivity index (χ0n) is 13.7. The van der Waals surface area contributed by atoms with Gasteiger partial charge in [-0.25, -0.2) is 0 Å². The first-order valence-electron chi connectivity index (χ1n) is 7.83. The number of anilines is 1. The van der Waals surface area contributed by atoms with Gasteiger partial charge < -0.3 is 14.8 Å². The van der Waals surface area contributed by atoms with Crippen LogP contribution in [0.3, 0.4) is 0 Å². The number of carbonyl (C=O) groups is 1. The zero-order valence-corrected chi connectivity index (χ0v) is 13.7. The molecule has 1 amide bonds. The largest absolute Gasteiger partial charge is 0.493 e. The molecule has 1 heterocycles. The molecule has 2 aromatic carbocycles. The van der Waals surface area contributed by atoms with E-state index in [9.17, 15) is 4.79 Å². The molecule has 0 bridgehead atoms. The average Bonchev–Trinajstić information content (AvgIpc) is 2.84. The molecule has 3 rings (SSSR count). The summed E-state index contributed by atoms with van der Waals surface area (Å²) >= 11 is 0. The molecular weight excluding hydrogens is 290 g/mol. The minimum atomic E-state index is -0.160. The van der Waals surface area contributed by atoms with E-state index < -0.39 is 0 Å². The number of methoxy groups -OCH3 is 1. The molecule has 23 heavy (non-hydrogen) atoms. The lowest BCUT2D eigenvalue weighted by atomic mass is 9.92. The van der Waals surface area contributed by atoms with Crippen molar-refractivity contribution in [1.29, 1.82) is 0 Å². The lowest BCUT2D eigenvalue weighted by molar-refractivity contribution is -0.117. The topological polar surface area (TPSA) is 47.6 Å². The van der Waals surface area contributed by atoms with Gasteiger partial charge in [0.05, 0.1) is 19.6 Å². The number of benzene rings is 2. The highest BCUT2D eigenvalue weighted by Gasteiger charge is 2.30. The van der Waals surface area contributed by atoms with Gasteiger partial charge in [0, 0.05) is 5.69 Å². The van der Waals surface area contributed by atoms with E-state index in [1.54, 1.807) is 7.11 Å². The second kappa shape index (κ2) is 6.32. The Morgan fingerprint density at radius 3 is 2.70 bits per heavy atom. The molecule has 0 aliphatic carbocycles. The molecule has 1 aliphatic rings. The molecule has 4 nitrogen and oxygen atoms in total. The van der Waals surface area contributed by atoms with Crippen molar-refractivity contribution in [2.24, 2.45) is 0 Å². The Morgan fingerprint density at radius 2 is 1.96 bits per heavy atom. The number of rotatable bonds is 5. The molecule has 0 saturated heterocycles. The summed E-state index contributed by atoms with van der Waals surface area (Å²) in [7, 11) is 1.63. The van der Waals surface area contributed by atoms with Crippen molar-refractivity contribution in [1.82, 2.24) is 0 Å². The van der Waals surface area contributed by atoms with Gasteiger partial charge in [-0.05, 0) is 49.6 Å². The molecule has 0 fully saturated rings. The van der Waals surface area contributed by atoms with Gasteiger partial charge in [0.2, 0.25) is 5.91 Å². The number of aryl methyl sites for hydroxylation is 1. The van der Waals surface area contributed by atoms with Crippen molar-refractivity contribution in [3.63, 3.8) is 0 Å². The predicted molar refractivity (Wildman–Crippen MR) is 90.4 cm³/mol. The Hall–Kier alpha value is -2.49. The van der Waals surface area contributed by atoms with Crippen LogP contribution in [0.4, 0.5) is 5.69 Å². The first kappa shape index (κ1) is 15.4. The summed E-state index contributed by atoms with van der Waals surface area (Å²) in [6.45, 7) is 4.57. The Bertz CT molecular complexity index is 739. The monoisotopic (exact) mass is 311 g/mol. The summed E-state index contributed by atoms with van der Waals surface area (Å²) in [5.74, 6) is 1.32. The third-order valence-electron chi connectivity index (χ3n) is 4.12. The van der Waals surface area contributed by atoms with Crippen molar-refractivity contribution < 1.29 is 14.3 Å². The third kappa shape index (κ3) is 3.02. The maximum absolute atomic E-state index is 12.3. The van der Waals surface area contributed by atoms with Gasteiger partial charge in [0.1, 0.15) is 0 Å². The summed E-state index contributed by atoms with van der Waals surface area (Å²) in [5, 5.41) is 2.96. The molecule has 0 unspecified atom stereocenters. The molecule has 120 valence electrons. The van der Waals surface area contributed by atoms with Gasteiger partial charge in [0.25, 0.3) is 0 Å². The molecule has 0 radical (unpaired) electrons. The average molecular weight is 311 g/mol. The first-order chi connectivity index (χ1) is 11.1. The molecule has 4 heteroatoms. The normalized spacial score (nSPS) is 16.0. The third-order valence-corrected chi connectivity index (χ3v) is 4.12. The number of hydrogen-bond acceptors (Lipinski definition) is 3. The Morgan fingerprint density at radius 1 is 1.13 bits per heavy atom. The smallest absolute Gasteiger partial charge is 0.232 e. The van der Waals surface area contributed by atoms with Crippen molar-refractivity contribution in [2.45, 2.75) is 26.2 Å². The van der Waals surface area contributed by atoms with E-state index in [1.807, 2.05) is 44.2 Å². The van der Waals surface area contributed by atoms with Gasteiger partial charge in [-0.2, -0.15) is 0 Å². The van der Waals surface area contributed by atoms with Gasteiger partial charge in [-0.3, -0.25) is 4.79 Å². The highest BCUT2D eigenvalue weighted by atomic mass is 16.5. The maximum Gasteiger partial charge on any atom is 0.232 e. The molecule has 1 atom stereocenters. The van der Waals surface area contributed by atoms with E-state index >= 15 is 0 Å². The van der Waals surface area contributed by atoms with Crippen molar-refractivity contribution in [3.05, 3.63) is 53.1 Å². The summed E-state index contributed by atoms with van der Waals surface area (Å²) in [4.78, 5) is 12.3. The van der Waals surface area contributed by atoms with Crippen molar-refractivity contribution in [2.75, 3.05) is 19.0 Å². The highest BCUT2D eigenvalue weighted by molar-refractivity contribution is 6.03. The van der Waals surface area contributed by atoms with E-state index in [2.05, 4.69) is 11.4 Å². The van der Waals surface area contributed by atoms with Crippen LogP contribution in [0.2, 0.25) is 0 Å². The van der Waals surface area contributed by atoms with Gasteiger partial charge >= 0.3 is 0 Å². The van der Waals surface area contributed by atoms with Crippen molar-refractivity contribution in [3.8, 4) is 11.5 Å².